The van der Waals surface area contributed by atoms with Gasteiger partial charge >= 0.3 is 0 Å². The van der Waals surface area contributed by atoms with Crippen LogP contribution in [0.4, 0.5) is 11.4 Å². The molecular formula is C15H18N2O2. The quantitative estimate of drug-likeness (QED) is 0.737. The molecule has 0 saturated carbocycles. The number of methoxy groups -OCH3 is 1. The number of phenols is 1. The number of nitrogens with one attached hydrogen (secondary N) is 1. The number of ether oxygens (including phenoxy) is 1. The summed E-state index contributed by atoms with van der Waals surface area (Å²) in [5, 5.41) is 12.9. The maximum absolute atomic E-state index is 9.59. The zero-order valence-electron chi connectivity index (χ0n) is 11.1. The van der Waals surface area contributed by atoms with Crippen molar-refractivity contribution in [2.45, 2.75) is 13.0 Å². The Hall–Kier alpha value is -2.36. The molecular weight excluding hydrogens is 240 g/mol. The van der Waals surface area contributed by atoms with Crippen LogP contribution in [0.25, 0.3) is 0 Å². The average molecular weight is 258 g/mol. The number of phenolic OH excluding ortho intramolecular Hbond substituents is 1. The summed E-state index contributed by atoms with van der Waals surface area (Å²) in [6.07, 6.45) is 0. The monoisotopic (exact) mass is 258 g/mol. The molecule has 0 aliphatic heterocycles. The minimum atomic E-state index is 0.0548. The third-order valence-corrected chi connectivity index (χ3v) is 3.04. The molecule has 4 nitrogen and oxygen atoms in total. The number of nitrogens with two attached hydrogens (primary N) is 1. The lowest BCUT2D eigenvalue weighted by Crippen LogP contribution is -2.08. The molecule has 0 spiro atoms. The zero-order valence-corrected chi connectivity index (χ0v) is 11.1. The molecule has 2 aromatic rings. The number of rotatable bonds is 4. The van der Waals surface area contributed by atoms with Crippen molar-refractivity contribution in [1.29, 1.82) is 0 Å². The summed E-state index contributed by atoms with van der Waals surface area (Å²) in [7, 11) is 1.53. The maximum atomic E-state index is 9.59. The zero-order chi connectivity index (χ0) is 13.8. The SMILES string of the molecule is COc1cc(C(C)Nc2ccccc2N)ccc1O. The molecule has 2 rings (SSSR count). The summed E-state index contributed by atoms with van der Waals surface area (Å²) in [4.78, 5) is 0. The van der Waals surface area contributed by atoms with Crippen LogP contribution in [0.3, 0.4) is 0 Å². The largest absolute Gasteiger partial charge is 0.504 e. The van der Waals surface area contributed by atoms with Gasteiger partial charge in [0.1, 0.15) is 0 Å². The molecule has 0 fully saturated rings. The van der Waals surface area contributed by atoms with Gasteiger partial charge in [-0.15, -0.1) is 0 Å². The maximum Gasteiger partial charge on any atom is 0.160 e. The van der Waals surface area contributed by atoms with Crippen LogP contribution in [-0.4, -0.2) is 12.2 Å². The highest BCUT2D eigenvalue weighted by atomic mass is 16.5. The highest BCUT2D eigenvalue weighted by Crippen LogP contribution is 2.30. The lowest BCUT2D eigenvalue weighted by Gasteiger charge is -2.18. The smallest absolute Gasteiger partial charge is 0.160 e. The van der Waals surface area contributed by atoms with Gasteiger partial charge in [0, 0.05) is 6.04 Å². The van der Waals surface area contributed by atoms with E-state index in [1.165, 1.54) is 7.11 Å². The van der Waals surface area contributed by atoms with E-state index in [9.17, 15) is 5.11 Å². The van der Waals surface area contributed by atoms with Crippen LogP contribution < -0.4 is 15.8 Å². The number of benzene rings is 2. The minimum Gasteiger partial charge on any atom is -0.504 e. The standard InChI is InChI=1S/C15H18N2O2/c1-10(17-13-6-4-3-5-12(13)16)11-7-8-14(18)15(9-11)19-2/h3-10,17-18H,16H2,1-2H3. The predicted octanol–water partition coefficient (Wildman–Crippen LogP) is 3.16. The molecule has 0 radical (unpaired) electrons. The van der Waals surface area contributed by atoms with Gasteiger partial charge in [-0.05, 0) is 36.8 Å². The molecule has 0 aliphatic rings. The van der Waals surface area contributed by atoms with Crippen LogP contribution in [0.5, 0.6) is 11.5 Å². The third-order valence-electron chi connectivity index (χ3n) is 3.04. The first-order chi connectivity index (χ1) is 9.11. The fourth-order valence-corrected chi connectivity index (χ4v) is 1.91. The van der Waals surface area contributed by atoms with Gasteiger partial charge in [0.15, 0.2) is 11.5 Å². The van der Waals surface area contributed by atoms with E-state index in [-0.39, 0.29) is 11.8 Å². The van der Waals surface area contributed by atoms with E-state index in [1.807, 2.05) is 43.3 Å². The highest BCUT2D eigenvalue weighted by Gasteiger charge is 2.10. The van der Waals surface area contributed by atoms with E-state index in [1.54, 1.807) is 6.07 Å². The second kappa shape index (κ2) is 5.52. The van der Waals surface area contributed by atoms with Gasteiger partial charge in [-0.2, -0.15) is 0 Å². The van der Waals surface area contributed by atoms with Gasteiger partial charge in [0.05, 0.1) is 18.5 Å². The minimum absolute atomic E-state index is 0.0548. The van der Waals surface area contributed by atoms with Crippen molar-refractivity contribution in [3.63, 3.8) is 0 Å². The Morgan fingerprint density at radius 3 is 2.63 bits per heavy atom. The molecule has 2 aromatic carbocycles. The molecule has 4 N–H and O–H groups in total. The van der Waals surface area contributed by atoms with Crippen LogP contribution in [0.2, 0.25) is 0 Å². The molecule has 0 aliphatic carbocycles. The fourth-order valence-electron chi connectivity index (χ4n) is 1.91. The Balaban J connectivity index is 2.20. The summed E-state index contributed by atoms with van der Waals surface area (Å²) in [6.45, 7) is 2.03. The van der Waals surface area contributed by atoms with E-state index < -0.39 is 0 Å². The van der Waals surface area contributed by atoms with Gasteiger partial charge in [0.25, 0.3) is 0 Å². The van der Waals surface area contributed by atoms with Crippen molar-refractivity contribution >= 4 is 11.4 Å². The fraction of sp³-hybridized carbons (Fsp3) is 0.200. The first-order valence-corrected chi connectivity index (χ1v) is 6.09. The second-order valence-electron chi connectivity index (χ2n) is 4.38. The summed E-state index contributed by atoms with van der Waals surface area (Å²) >= 11 is 0. The highest BCUT2D eigenvalue weighted by molar-refractivity contribution is 5.66. The molecule has 1 unspecified atom stereocenters. The molecule has 0 heterocycles. The lowest BCUT2D eigenvalue weighted by atomic mass is 10.1. The molecule has 0 bridgehead atoms. The lowest BCUT2D eigenvalue weighted by molar-refractivity contribution is 0.373. The molecule has 100 valence electrons. The Kier molecular flexibility index (Phi) is 3.80. The van der Waals surface area contributed by atoms with Crippen molar-refractivity contribution in [2.24, 2.45) is 0 Å². The van der Waals surface area contributed by atoms with Gasteiger partial charge in [-0.1, -0.05) is 18.2 Å². The number of nitrogen functional groups attached to an aromatic ring is 1. The Bertz CT molecular complexity index is 570. The Morgan fingerprint density at radius 2 is 1.95 bits per heavy atom. The van der Waals surface area contributed by atoms with E-state index in [2.05, 4.69) is 5.32 Å². The molecule has 4 heteroatoms. The van der Waals surface area contributed by atoms with Gasteiger partial charge in [-0.3, -0.25) is 0 Å². The van der Waals surface area contributed by atoms with Crippen LogP contribution in [0.1, 0.15) is 18.5 Å². The third kappa shape index (κ3) is 2.91. The Morgan fingerprint density at radius 1 is 1.21 bits per heavy atom. The summed E-state index contributed by atoms with van der Waals surface area (Å²) in [5.41, 5.74) is 8.51. The molecule has 19 heavy (non-hydrogen) atoms. The normalized spacial score (nSPS) is 11.9. The van der Waals surface area contributed by atoms with Gasteiger partial charge in [-0.25, -0.2) is 0 Å². The molecule has 0 amide bonds. The summed E-state index contributed by atoms with van der Waals surface area (Å²) in [5.74, 6) is 0.602. The van der Waals surface area contributed by atoms with E-state index in [0.29, 0.717) is 11.4 Å². The first-order valence-electron chi connectivity index (χ1n) is 6.09. The van der Waals surface area contributed by atoms with E-state index in [0.717, 1.165) is 11.3 Å². The first kappa shape index (κ1) is 13.1. The van der Waals surface area contributed by atoms with Crippen LogP contribution >= 0.6 is 0 Å². The van der Waals surface area contributed by atoms with Crippen LogP contribution in [-0.2, 0) is 0 Å². The average Bonchev–Trinajstić information content (AvgIpc) is 2.42. The summed E-state index contributed by atoms with van der Waals surface area (Å²) in [6, 6.07) is 13.0. The van der Waals surface area contributed by atoms with E-state index >= 15 is 0 Å². The molecule has 0 saturated heterocycles. The van der Waals surface area contributed by atoms with Crippen LogP contribution in [0.15, 0.2) is 42.5 Å². The van der Waals surface area contributed by atoms with Crippen molar-refractivity contribution < 1.29 is 9.84 Å². The molecule has 1 atom stereocenters. The molecule has 0 aromatic heterocycles. The number of para-hydroxylation sites is 2. The predicted molar refractivity (Wildman–Crippen MR) is 77.6 cm³/mol. The van der Waals surface area contributed by atoms with Crippen LogP contribution in [0, 0.1) is 0 Å². The van der Waals surface area contributed by atoms with Crippen molar-refractivity contribution in [3.8, 4) is 11.5 Å². The number of hydrogen-bond donors (Lipinski definition) is 3. The number of aromatic hydroxyl groups is 1. The van der Waals surface area contributed by atoms with Crippen molar-refractivity contribution in [2.75, 3.05) is 18.2 Å². The summed E-state index contributed by atoms with van der Waals surface area (Å²) < 4.78 is 5.11. The van der Waals surface area contributed by atoms with Crippen molar-refractivity contribution in [1.82, 2.24) is 0 Å². The topological polar surface area (TPSA) is 67.5 Å². The number of anilines is 2. The van der Waals surface area contributed by atoms with Crippen molar-refractivity contribution in [3.05, 3.63) is 48.0 Å². The number of hydrogen-bond acceptors (Lipinski definition) is 4. The Labute approximate surface area is 112 Å². The van der Waals surface area contributed by atoms with Gasteiger partial charge < -0.3 is 20.9 Å². The van der Waals surface area contributed by atoms with Gasteiger partial charge in [0.2, 0.25) is 0 Å². The second-order valence-corrected chi connectivity index (χ2v) is 4.38. The van der Waals surface area contributed by atoms with E-state index in [4.69, 9.17) is 10.5 Å².